The van der Waals surface area contributed by atoms with Gasteiger partial charge in [-0.15, -0.1) is 0 Å². The molecule has 0 fully saturated rings. The van der Waals surface area contributed by atoms with E-state index in [0.29, 0.717) is 17.8 Å². The summed E-state index contributed by atoms with van der Waals surface area (Å²) in [4.78, 5) is 13.8. The predicted octanol–water partition coefficient (Wildman–Crippen LogP) is 3.44. The number of hydrogen-bond acceptors (Lipinski definition) is 2. The molecule has 0 saturated heterocycles. The summed E-state index contributed by atoms with van der Waals surface area (Å²) in [5, 5.41) is 0. The van der Waals surface area contributed by atoms with Crippen LogP contribution in [0.4, 0.5) is 10.1 Å². The molecule has 0 radical (unpaired) electrons. The van der Waals surface area contributed by atoms with Crippen molar-refractivity contribution < 1.29 is 9.18 Å². The molecule has 0 spiro atoms. The van der Waals surface area contributed by atoms with Gasteiger partial charge in [0, 0.05) is 19.3 Å². The van der Waals surface area contributed by atoms with Crippen LogP contribution in [0.1, 0.15) is 15.9 Å². The van der Waals surface area contributed by atoms with Gasteiger partial charge in [-0.05, 0) is 45.8 Å². The normalized spacial score (nSPS) is 10.3. The van der Waals surface area contributed by atoms with E-state index in [0.717, 1.165) is 5.56 Å². The van der Waals surface area contributed by atoms with E-state index < -0.39 is 5.82 Å². The van der Waals surface area contributed by atoms with Crippen molar-refractivity contribution in [2.45, 2.75) is 6.54 Å². The fraction of sp³-hybridized carbons (Fsp3) is 0.133. The minimum Gasteiger partial charge on any atom is -0.399 e. The lowest BCUT2D eigenvalue weighted by Gasteiger charge is -2.18. The van der Waals surface area contributed by atoms with Crippen LogP contribution in [-0.2, 0) is 6.54 Å². The number of amides is 1. The maximum atomic E-state index is 13.4. The zero-order valence-electron chi connectivity index (χ0n) is 10.9. The Morgan fingerprint density at radius 1 is 1.25 bits per heavy atom. The zero-order valence-corrected chi connectivity index (χ0v) is 12.5. The van der Waals surface area contributed by atoms with Crippen molar-refractivity contribution in [3.05, 3.63) is 63.9 Å². The molecule has 104 valence electrons. The van der Waals surface area contributed by atoms with Crippen molar-refractivity contribution in [2.75, 3.05) is 12.8 Å². The molecule has 20 heavy (non-hydrogen) atoms. The van der Waals surface area contributed by atoms with Crippen LogP contribution in [0, 0.1) is 5.82 Å². The molecule has 0 saturated carbocycles. The summed E-state index contributed by atoms with van der Waals surface area (Å²) >= 11 is 3.11. The third-order valence-electron chi connectivity index (χ3n) is 2.93. The Kier molecular flexibility index (Phi) is 4.39. The molecular formula is C15H14BrFN2O. The number of nitrogen functional groups attached to an aromatic ring is 1. The van der Waals surface area contributed by atoms with Crippen LogP contribution < -0.4 is 5.73 Å². The number of halogens is 2. The topological polar surface area (TPSA) is 46.3 Å². The summed E-state index contributed by atoms with van der Waals surface area (Å²) in [6, 6.07) is 11.7. The molecule has 2 aromatic rings. The zero-order chi connectivity index (χ0) is 14.7. The molecule has 0 heterocycles. The van der Waals surface area contributed by atoms with E-state index >= 15 is 0 Å². The molecule has 0 bridgehead atoms. The number of anilines is 1. The van der Waals surface area contributed by atoms with Crippen LogP contribution in [0.3, 0.4) is 0 Å². The van der Waals surface area contributed by atoms with E-state index in [2.05, 4.69) is 15.9 Å². The second kappa shape index (κ2) is 6.05. The highest BCUT2D eigenvalue weighted by molar-refractivity contribution is 9.10. The molecule has 5 heteroatoms. The van der Waals surface area contributed by atoms with Gasteiger partial charge in [-0.3, -0.25) is 4.79 Å². The molecular weight excluding hydrogens is 323 g/mol. The van der Waals surface area contributed by atoms with Gasteiger partial charge >= 0.3 is 0 Å². The minimum atomic E-state index is -0.447. The van der Waals surface area contributed by atoms with Gasteiger partial charge < -0.3 is 10.6 Å². The van der Waals surface area contributed by atoms with Gasteiger partial charge in [-0.25, -0.2) is 4.39 Å². The number of carbonyl (C=O) groups is 1. The number of nitrogens with zero attached hydrogens (tertiary/aromatic N) is 1. The van der Waals surface area contributed by atoms with E-state index in [1.54, 1.807) is 25.2 Å². The molecule has 2 N–H and O–H groups in total. The van der Waals surface area contributed by atoms with Crippen LogP contribution in [0.15, 0.2) is 46.9 Å². The number of rotatable bonds is 3. The van der Waals surface area contributed by atoms with Gasteiger partial charge in [-0.2, -0.15) is 0 Å². The van der Waals surface area contributed by atoms with Crippen molar-refractivity contribution in [2.24, 2.45) is 0 Å². The Labute approximate surface area is 125 Å². The molecule has 2 aromatic carbocycles. The second-order valence-electron chi connectivity index (χ2n) is 4.50. The first kappa shape index (κ1) is 14.5. The monoisotopic (exact) mass is 336 g/mol. The van der Waals surface area contributed by atoms with Crippen molar-refractivity contribution in [3.63, 3.8) is 0 Å². The SMILES string of the molecule is CN(Cc1ccc(N)cc1)C(=O)c1cccc(F)c1Br. The van der Waals surface area contributed by atoms with Gasteiger partial charge in [0.2, 0.25) is 0 Å². The third kappa shape index (κ3) is 3.17. The van der Waals surface area contributed by atoms with Crippen LogP contribution >= 0.6 is 15.9 Å². The second-order valence-corrected chi connectivity index (χ2v) is 5.30. The fourth-order valence-electron chi connectivity index (χ4n) is 1.84. The number of carbonyl (C=O) groups excluding carboxylic acids is 1. The lowest BCUT2D eigenvalue weighted by molar-refractivity contribution is 0.0783. The maximum absolute atomic E-state index is 13.4. The molecule has 0 aliphatic carbocycles. The van der Waals surface area contributed by atoms with Crippen molar-refractivity contribution in [3.8, 4) is 0 Å². The lowest BCUT2D eigenvalue weighted by atomic mass is 10.1. The van der Waals surface area contributed by atoms with E-state index in [4.69, 9.17) is 5.73 Å². The molecule has 3 nitrogen and oxygen atoms in total. The van der Waals surface area contributed by atoms with Gasteiger partial charge in [0.05, 0.1) is 10.0 Å². The molecule has 0 aromatic heterocycles. The summed E-state index contributed by atoms with van der Waals surface area (Å²) in [6.45, 7) is 0.433. The molecule has 0 aliphatic rings. The van der Waals surface area contributed by atoms with Crippen molar-refractivity contribution in [1.82, 2.24) is 4.90 Å². The van der Waals surface area contributed by atoms with Gasteiger partial charge in [0.15, 0.2) is 0 Å². The third-order valence-corrected chi connectivity index (χ3v) is 3.73. The highest BCUT2D eigenvalue weighted by atomic mass is 79.9. The Morgan fingerprint density at radius 3 is 2.55 bits per heavy atom. The first-order valence-corrected chi connectivity index (χ1v) is 6.82. The largest absolute Gasteiger partial charge is 0.399 e. The maximum Gasteiger partial charge on any atom is 0.255 e. The number of benzene rings is 2. The van der Waals surface area contributed by atoms with E-state index in [-0.39, 0.29) is 10.4 Å². The highest BCUT2D eigenvalue weighted by Crippen LogP contribution is 2.22. The van der Waals surface area contributed by atoms with Crippen molar-refractivity contribution >= 4 is 27.5 Å². The summed E-state index contributed by atoms with van der Waals surface area (Å²) in [6.07, 6.45) is 0. The quantitative estimate of drug-likeness (QED) is 0.872. The van der Waals surface area contributed by atoms with E-state index in [1.807, 2.05) is 12.1 Å². The fourth-order valence-corrected chi connectivity index (χ4v) is 2.28. The molecule has 0 atom stereocenters. The average molecular weight is 337 g/mol. The Hall–Kier alpha value is -1.88. The standard InChI is InChI=1S/C15H14BrFN2O/c1-19(9-10-5-7-11(18)8-6-10)15(20)12-3-2-4-13(17)14(12)16/h2-8H,9,18H2,1H3. The molecule has 1 amide bonds. The minimum absolute atomic E-state index is 0.189. The lowest BCUT2D eigenvalue weighted by Crippen LogP contribution is -2.26. The van der Waals surface area contributed by atoms with E-state index in [9.17, 15) is 9.18 Å². The number of hydrogen-bond donors (Lipinski definition) is 1. The van der Waals surface area contributed by atoms with Crippen LogP contribution in [-0.4, -0.2) is 17.9 Å². The molecule has 0 aliphatic heterocycles. The summed E-state index contributed by atoms with van der Waals surface area (Å²) in [5.74, 6) is -0.690. The average Bonchev–Trinajstić information content (AvgIpc) is 2.43. The molecule has 0 unspecified atom stereocenters. The van der Waals surface area contributed by atoms with Gasteiger partial charge in [0.25, 0.3) is 5.91 Å². The smallest absolute Gasteiger partial charge is 0.255 e. The van der Waals surface area contributed by atoms with Crippen LogP contribution in [0.25, 0.3) is 0 Å². The van der Waals surface area contributed by atoms with Crippen LogP contribution in [0.2, 0.25) is 0 Å². The summed E-state index contributed by atoms with van der Waals surface area (Å²) < 4.78 is 13.6. The molecule has 2 rings (SSSR count). The Morgan fingerprint density at radius 2 is 1.90 bits per heavy atom. The van der Waals surface area contributed by atoms with Gasteiger partial charge in [-0.1, -0.05) is 18.2 Å². The number of nitrogens with two attached hydrogens (primary N) is 1. The summed E-state index contributed by atoms with van der Waals surface area (Å²) in [5.41, 5.74) is 7.56. The van der Waals surface area contributed by atoms with Crippen LogP contribution in [0.5, 0.6) is 0 Å². The first-order chi connectivity index (χ1) is 9.49. The van der Waals surface area contributed by atoms with Crippen molar-refractivity contribution in [1.29, 1.82) is 0 Å². The Bertz CT molecular complexity index is 628. The summed E-state index contributed by atoms with van der Waals surface area (Å²) in [7, 11) is 1.68. The predicted molar refractivity (Wildman–Crippen MR) is 80.8 cm³/mol. The highest BCUT2D eigenvalue weighted by Gasteiger charge is 2.17. The Balaban J connectivity index is 2.16. The first-order valence-electron chi connectivity index (χ1n) is 6.03. The van der Waals surface area contributed by atoms with Gasteiger partial charge in [0.1, 0.15) is 5.82 Å². The van der Waals surface area contributed by atoms with E-state index in [1.165, 1.54) is 17.0 Å².